The van der Waals surface area contributed by atoms with Crippen molar-refractivity contribution in [3.8, 4) is 11.3 Å². The Bertz CT molecular complexity index is 1560. The number of aryl methyl sites for hydroxylation is 1. The van der Waals surface area contributed by atoms with E-state index in [2.05, 4.69) is 15.6 Å². The molecule has 0 saturated heterocycles. The summed E-state index contributed by atoms with van der Waals surface area (Å²) < 4.78 is 42.6. The SMILES string of the molecule is Cn1nnc(Cl)c1-c1ccc(C(=O)NC(Cc2ccccc2C(F)(F)F)CN2C(=O)c3ccccc3C2=O)cc1. The third-order valence-corrected chi connectivity index (χ3v) is 6.87. The Hall–Kier alpha value is -4.51. The molecule has 1 aliphatic rings. The number of nitrogens with zero attached hydrogens (tertiary/aromatic N) is 4. The van der Waals surface area contributed by atoms with Crippen LogP contribution < -0.4 is 5.32 Å². The summed E-state index contributed by atoms with van der Waals surface area (Å²) in [7, 11) is 1.66. The maximum atomic E-state index is 13.7. The van der Waals surface area contributed by atoms with E-state index in [1.807, 2.05) is 0 Å². The Balaban J connectivity index is 1.42. The van der Waals surface area contributed by atoms with Crippen molar-refractivity contribution in [2.75, 3.05) is 6.54 Å². The fourth-order valence-electron chi connectivity index (χ4n) is 4.71. The van der Waals surface area contributed by atoms with Crippen LogP contribution in [0.25, 0.3) is 11.3 Å². The molecule has 8 nitrogen and oxygen atoms in total. The van der Waals surface area contributed by atoms with Gasteiger partial charge in [0.25, 0.3) is 17.7 Å². The number of nitrogens with one attached hydrogen (secondary N) is 1. The van der Waals surface area contributed by atoms with Gasteiger partial charge in [0.2, 0.25) is 0 Å². The average molecular weight is 568 g/mol. The van der Waals surface area contributed by atoms with Gasteiger partial charge in [0.1, 0.15) is 5.69 Å². The Morgan fingerprint density at radius 3 is 2.12 bits per heavy atom. The quantitative estimate of drug-likeness (QED) is 0.324. The normalized spacial score (nSPS) is 13.9. The molecule has 1 aromatic heterocycles. The van der Waals surface area contributed by atoms with Gasteiger partial charge in [-0.2, -0.15) is 13.2 Å². The van der Waals surface area contributed by atoms with Crippen molar-refractivity contribution >= 4 is 29.3 Å². The molecule has 0 fully saturated rings. The van der Waals surface area contributed by atoms with Crippen LogP contribution in [0.2, 0.25) is 5.15 Å². The number of carbonyl (C=O) groups is 3. The Labute approximate surface area is 231 Å². The topological polar surface area (TPSA) is 97.2 Å². The van der Waals surface area contributed by atoms with Crippen LogP contribution in [0.3, 0.4) is 0 Å². The molecule has 3 amide bonds. The molecule has 3 aromatic carbocycles. The zero-order valence-electron chi connectivity index (χ0n) is 20.9. The minimum atomic E-state index is -4.63. The molecule has 0 radical (unpaired) electrons. The second-order valence-corrected chi connectivity index (χ2v) is 9.58. The van der Waals surface area contributed by atoms with Crippen molar-refractivity contribution in [3.63, 3.8) is 0 Å². The first-order chi connectivity index (χ1) is 19.0. The third kappa shape index (κ3) is 5.20. The van der Waals surface area contributed by atoms with Crippen LogP contribution in [0.4, 0.5) is 13.2 Å². The summed E-state index contributed by atoms with van der Waals surface area (Å²) >= 11 is 6.10. The standard InChI is InChI=1S/C28H21ClF3N5O3/c1-36-23(24(29)34-35-36)16-10-12-17(13-11-16)25(38)33-19(14-18-6-2-5-9-22(18)28(30,31)32)15-37-26(39)20-7-3-4-8-21(20)27(37)40/h2-13,19H,14-15H2,1H3,(H,33,38). The lowest BCUT2D eigenvalue weighted by atomic mass is 9.99. The number of alkyl halides is 3. The van der Waals surface area contributed by atoms with E-state index in [1.165, 1.54) is 47.1 Å². The molecule has 4 aromatic rings. The van der Waals surface area contributed by atoms with Gasteiger partial charge in [0.15, 0.2) is 5.15 Å². The molecule has 2 heterocycles. The van der Waals surface area contributed by atoms with E-state index in [0.29, 0.717) is 11.3 Å². The number of hydrogen-bond donors (Lipinski definition) is 1. The van der Waals surface area contributed by atoms with Crippen LogP contribution >= 0.6 is 11.6 Å². The highest BCUT2D eigenvalue weighted by atomic mass is 35.5. The molecule has 1 atom stereocenters. The molecule has 0 aliphatic carbocycles. The summed E-state index contributed by atoms with van der Waals surface area (Å²) in [4.78, 5) is 40.1. The van der Waals surface area contributed by atoms with Crippen LogP contribution in [-0.2, 0) is 19.6 Å². The number of amides is 3. The molecule has 40 heavy (non-hydrogen) atoms. The van der Waals surface area contributed by atoms with Gasteiger partial charge in [-0.05, 0) is 42.3 Å². The number of halogens is 4. The van der Waals surface area contributed by atoms with E-state index < -0.39 is 35.5 Å². The van der Waals surface area contributed by atoms with Gasteiger partial charge < -0.3 is 5.32 Å². The number of carbonyl (C=O) groups excluding carboxylic acids is 3. The second kappa shape index (κ2) is 10.6. The van der Waals surface area contributed by atoms with Crippen molar-refractivity contribution in [3.05, 3.63) is 106 Å². The van der Waals surface area contributed by atoms with Crippen molar-refractivity contribution in [2.45, 2.75) is 18.6 Å². The van der Waals surface area contributed by atoms with E-state index >= 15 is 0 Å². The van der Waals surface area contributed by atoms with Crippen LogP contribution in [-0.4, -0.2) is 50.2 Å². The van der Waals surface area contributed by atoms with E-state index in [4.69, 9.17) is 11.6 Å². The van der Waals surface area contributed by atoms with Gasteiger partial charge in [0.05, 0.1) is 22.7 Å². The maximum absolute atomic E-state index is 13.7. The zero-order chi connectivity index (χ0) is 28.6. The molecule has 0 saturated carbocycles. The predicted molar refractivity (Wildman–Crippen MR) is 140 cm³/mol. The van der Waals surface area contributed by atoms with Gasteiger partial charge in [-0.15, -0.1) is 5.10 Å². The number of imide groups is 1. The van der Waals surface area contributed by atoms with E-state index in [9.17, 15) is 27.6 Å². The van der Waals surface area contributed by atoms with Crippen LogP contribution in [0.5, 0.6) is 0 Å². The maximum Gasteiger partial charge on any atom is 0.416 e. The van der Waals surface area contributed by atoms with E-state index in [-0.39, 0.29) is 40.4 Å². The minimum Gasteiger partial charge on any atom is -0.347 e. The van der Waals surface area contributed by atoms with Crippen LogP contribution in [0.1, 0.15) is 42.2 Å². The third-order valence-electron chi connectivity index (χ3n) is 6.61. The zero-order valence-corrected chi connectivity index (χ0v) is 21.7. The lowest BCUT2D eigenvalue weighted by Crippen LogP contribution is -2.47. The first-order valence-electron chi connectivity index (χ1n) is 12.1. The molecule has 5 rings (SSSR count). The van der Waals surface area contributed by atoms with Gasteiger partial charge in [0, 0.05) is 24.7 Å². The Kier molecular flexibility index (Phi) is 7.16. The van der Waals surface area contributed by atoms with Crippen LogP contribution in [0, 0.1) is 0 Å². The lowest BCUT2D eigenvalue weighted by Gasteiger charge is -2.25. The van der Waals surface area contributed by atoms with Crippen molar-refractivity contribution < 1.29 is 27.6 Å². The van der Waals surface area contributed by atoms with Gasteiger partial charge in [-0.1, -0.05) is 59.3 Å². The molecular formula is C28H21ClF3N5O3. The smallest absolute Gasteiger partial charge is 0.347 e. The Morgan fingerprint density at radius 2 is 1.55 bits per heavy atom. The molecule has 0 spiro atoms. The summed E-state index contributed by atoms with van der Waals surface area (Å²) in [6.07, 6.45) is -4.90. The highest BCUT2D eigenvalue weighted by molar-refractivity contribution is 6.31. The molecule has 204 valence electrons. The van der Waals surface area contributed by atoms with E-state index in [0.717, 1.165) is 11.0 Å². The van der Waals surface area contributed by atoms with Crippen molar-refractivity contribution in [2.24, 2.45) is 7.05 Å². The molecular weight excluding hydrogens is 547 g/mol. The molecule has 12 heteroatoms. The van der Waals surface area contributed by atoms with E-state index in [1.54, 1.807) is 31.3 Å². The summed E-state index contributed by atoms with van der Waals surface area (Å²) in [5, 5.41) is 10.5. The number of aromatic nitrogens is 3. The van der Waals surface area contributed by atoms with Gasteiger partial charge >= 0.3 is 6.18 Å². The summed E-state index contributed by atoms with van der Waals surface area (Å²) in [5.41, 5.74) is 0.871. The molecule has 1 aliphatic heterocycles. The predicted octanol–water partition coefficient (Wildman–Crippen LogP) is 4.79. The largest absolute Gasteiger partial charge is 0.416 e. The minimum absolute atomic E-state index is 0.0781. The molecule has 0 bridgehead atoms. The average Bonchev–Trinajstić information content (AvgIpc) is 3.39. The van der Waals surface area contributed by atoms with Gasteiger partial charge in [-0.3, -0.25) is 19.3 Å². The van der Waals surface area contributed by atoms with Crippen molar-refractivity contribution in [1.82, 2.24) is 25.2 Å². The number of benzene rings is 3. The monoisotopic (exact) mass is 567 g/mol. The fourth-order valence-corrected chi connectivity index (χ4v) is 4.98. The Morgan fingerprint density at radius 1 is 0.950 bits per heavy atom. The summed E-state index contributed by atoms with van der Waals surface area (Å²) in [5.74, 6) is -1.74. The number of fused-ring (bicyclic) bond motifs is 1. The lowest BCUT2D eigenvalue weighted by molar-refractivity contribution is -0.138. The van der Waals surface area contributed by atoms with Crippen LogP contribution in [0.15, 0.2) is 72.8 Å². The highest BCUT2D eigenvalue weighted by Gasteiger charge is 2.38. The van der Waals surface area contributed by atoms with Crippen molar-refractivity contribution in [1.29, 1.82) is 0 Å². The van der Waals surface area contributed by atoms with Gasteiger partial charge in [-0.25, -0.2) is 4.68 Å². The highest BCUT2D eigenvalue weighted by Crippen LogP contribution is 2.33. The first-order valence-corrected chi connectivity index (χ1v) is 12.5. The second-order valence-electron chi connectivity index (χ2n) is 9.23. The summed E-state index contributed by atoms with van der Waals surface area (Å²) in [6, 6.07) is 16.5. The molecule has 1 unspecified atom stereocenters. The molecule has 1 N–H and O–H groups in total. The first kappa shape index (κ1) is 27.1. The number of hydrogen-bond acceptors (Lipinski definition) is 5. The summed E-state index contributed by atoms with van der Waals surface area (Å²) in [6.45, 7) is -0.321. The fraction of sp³-hybridized carbons (Fsp3) is 0.179. The number of rotatable bonds is 7.